The molecule has 1 aliphatic carbocycles. The third-order valence-corrected chi connectivity index (χ3v) is 4.87. The molecule has 3 aromatic rings. The van der Waals surface area contributed by atoms with Crippen LogP contribution in [0, 0.1) is 0 Å². The Labute approximate surface area is 166 Å². The summed E-state index contributed by atoms with van der Waals surface area (Å²) in [5, 5.41) is 10.6. The molecule has 0 aliphatic heterocycles. The molecule has 1 amide bonds. The maximum atomic E-state index is 12.6. The van der Waals surface area contributed by atoms with Crippen molar-refractivity contribution >= 4 is 11.8 Å². The van der Waals surface area contributed by atoms with Crippen LogP contribution in [0.5, 0.6) is 17.2 Å². The summed E-state index contributed by atoms with van der Waals surface area (Å²) in [6.45, 7) is 0. The minimum Gasteiger partial charge on any atom is -0.493 e. The predicted molar refractivity (Wildman–Crippen MR) is 103 cm³/mol. The molecule has 0 spiro atoms. The highest BCUT2D eigenvalue weighted by molar-refractivity contribution is 6.03. The molecule has 0 unspecified atom stereocenters. The molecule has 2 heterocycles. The number of carbonyl (C=O) groups is 1. The lowest BCUT2D eigenvalue weighted by atomic mass is 9.96. The van der Waals surface area contributed by atoms with Crippen molar-refractivity contribution in [3.05, 3.63) is 35.2 Å². The Morgan fingerprint density at radius 2 is 1.69 bits per heavy atom. The van der Waals surface area contributed by atoms with E-state index in [4.69, 9.17) is 23.3 Å². The molecule has 9 nitrogen and oxygen atoms in total. The summed E-state index contributed by atoms with van der Waals surface area (Å²) in [6.07, 6.45) is 3.66. The van der Waals surface area contributed by atoms with E-state index >= 15 is 0 Å². The number of hydrogen-bond acceptors (Lipinski definition) is 8. The van der Waals surface area contributed by atoms with Crippen molar-refractivity contribution in [3.63, 3.8) is 0 Å². The lowest BCUT2D eigenvalue weighted by Crippen LogP contribution is -2.15. The standard InChI is InChI=1S/C20H21N3O6/c1-25-15-8-11(9-16(26-2)19(15)27-3)13-10-17(29-22-13)21-20(24)18-12-6-4-5-7-14(12)28-23-18/h8-10H,4-7H2,1-3H3,(H,21,24). The fourth-order valence-corrected chi connectivity index (χ4v) is 3.43. The van der Waals surface area contributed by atoms with Crippen molar-refractivity contribution in [2.45, 2.75) is 25.7 Å². The van der Waals surface area contributed by atoms with Gasteiger partial charge in [-0.1, -0.05) is 10.3 Å². The molecule has 1 aromatic carbocycles. The zero-order valence-electron chi connectivity index (χ0n) is 16.4. The molecule has 0 saturated carbocycles. The number of methoxy groups -OCH3 is 3. The van der Waals surface area contributed by atoms with Gasteiger partial charge in [-0.15, -0.1) is 0 Å². The Morgan fingerprint density at radius 3 is 2.38 bits per heavy atom. The highest BCUT2D eigenvalue weighted by Gasteiger charge is 2.25. The zero-order chi connectivity index (χ0) is 20.4. The fraction of sp³-hybridized carbons (Fsp3) is 0.350. The maximum absolute atomic E-state index is 12.6. The number of aromatic nitrogens is 2. The molecule has 0 bridgehead atoms. The molecule has 29 heavy (non-hydrogen) atoms. The number of ether oxygens (including phenoxy) is 3. The third-order valence-electron chi connectivity index (χ3n) is 4.87. The number of nitrogens with zero attached hydrogens (tertiary/aromatic N) is 2. The van der Waals surface area contributed by atoms with Crippen molar-refractivity contribution < 1.29 is 28.1 Å². The summed E-state index contributed by atoms with van der Waals surface area (Å²) in [5.74, 6) is 2.06. The summed E-state index contributed by atoms with van der Waals surface area (Å²) in [5.41, 5.74) is 2.35. The Kier molecular flexibility index (Phi) is 5.11. The Morgan fingerprint density at radius 1 is 0.966 bits per heavy atom. The van der Waals surface area contributed by atoms with Gasteiger partial charge in [0.2, 0.25) is 11.6 Å². The van der Waals surface area contributed by atoms with E-state index in [-0.39, 0.29) is 11.8 Å². The second-order valence-electron chi connectivity index (χ2n) is 6.58. The first kappa shape index (κ1) is 18.9. The second kappa shape index (κ2) is 7.86. The van der Waals surface area contributed by atoms with Gasteiger partial charge < -0.3 is 23.3 Å². The molecule has 4 rings (SSSR count). The van der Waals surface area contributed by atoms with Gasteiger partial charge in [0.15, 0.2) is 17.2 Å². The van der Waals surface area contributed by atoms with E-state index in [1.807, 2.05) is 0 Å². The van der Waals surface area contributed by atoms with Gasteiger partial charge in [-0.05, 0) is 31.4 Å². The number of rotatable bonds is 6. The quantitative estimate of drug-likeness (QED) is 0.671. The molecule has 0 radical (unpaired) electrons. The SMILES string of the molecule is COc1cc(-c2cc(NC(=O)c3noc4c3CCCC4)on2)cc(OC)c1OC. The highest BCUT2D eigenvalue weighted by Crippen LogP contribution is 2.41. The molecular weight excluding hydrogens is 378 g/mol. The lowest BCUT2D eigenvalue weighted by molar-refractivity contribution is 0.101. The van der Waals surface area contributed by atoms with Gasteiger partial charge in [0.05, 0.1) is 21.3 Å². The van der Waals surface area contributed by atoms with E-state index in [0.29, 0.717) is 34.2 Å². The van der Waals surface area contributed by atoms with Crippen molar-refractivity contribution in [1.82, 2.24) is 10.3 Å². The van der Waals surface area contributed by atoms with Gasteiger partial charge in [-0.25, -0.2) is 0 Å². The summed E-state index contributed by atoms with van der Waals surface area (Å²) in [4.78, 5) is 12.6. The number of benzene rings is 1. The first-order valence-corrected chi connectivity index (χ1v) is 9.20. The molecule has 0 atom stereocenters. The minimum absolute atomic E-state index is 0.200. The number of fused-ring (bicyclic) bond motifs is 1. The van der Waals surface area contributed by atoms with E-state index < -0.39 is 0 Å². The van der Waals surface area contributed by atoms with Gasteiger partial charge >= 0.3 is 0 Å². The van der Waals surface area contributed by atoms with Crippen molar-refractivity contribution in [2.75, 3.05) is 26.6 Å². The van der Waals surface area contributed by atoms with Crippen molar-refractivity contribution in [1.29, 1.82) is 0 Å². The van der Waals surface area contributed by atoms with Crippen LogP contribution < -0.4 is 19.5 Å². The van der Waals surface area contributed by atoms with Gasteiger partial charge in [0, 0.05) is 23.6 Å². The van der Waals surface area contributed by atoms with Gasteiger partial charge in [-0.3, -0.25) is 10.1 Å². The summed E-state index contributed by atoms with van der Waals surface area (Å²) in [6, 6.07) is 5.11. The first-order valence-electron chi connectivity index (χ1n) is 9.20. The molecular formula is C20H21N3O6. The number of nitrogens with one attached hydrogen (secondary N) is 1. The van der Waals surface area contributed by atoms with Crippen LogP contribution in [0.25, 0.3) is 11.3 Å². The van der Waals surface area contributed by atoms with E-state index in [2.05, 4.69) is 15.6 Å². The Hall–Kier alpha value is -3.49. The third kappa shape index (κ3) is 3.51. The van der Waals surface area contributed by atoms with E-state index in [0.717, 1.165) is 37.0 Å². The van der Waals surface area contributed by atoms with E-state index in [1.165, 1.54) is 21.3 Å². The second-order valence-corrected chi connectivity index (χ2v) is 6.58. The minimum atomic E-state index is -0.385. The molecule has 0 saturated heterocycles. The van der Waals surface area contributed by atoms with Crippen LogP contribution in [0.3, 0.4) is 0 Å². The van der Waals surface area contributed by atoms with Crippen LogP contribution in [0.15, 0.2) is 27.2 Å². The van der Waals surface area contributed by atoms with Crippen molar-refractivity contribution in [2.24, 2.45) is 0 Å². The Bertz CT molecular complexity index is 1010. The predicted octanol–water partition coefficient (Wildman–Crippen LogP) is 3.49. The Balaban J connectivity index is 1.57. The largest absolute Gasteiger partial charge is 0.493 e. The van der Waals surface area contributed by atoms with Crippen LogP contribution in [-0.4, -0.2) is 37.5 Å². The monoisotopic (exact) mass is 399 g/mol. The lowest BCUT2D eigenvalue weighted by Gasteiger charge is -2.13. The topological polar surface area (TPSA) is 109 Å². The molecule has 1 aliphatic rings. The van der Waals surface area contributed by atoms with Crippen molar-refractivity contribution in [3.8, 4) is 28.5 Å². The summed E-state index contributed by atoms with van der Waals surface area (Å²) in [7, 11) is 4.61. The average Bonchev–Trinajstić information content (AvgIpc) is 3.39. The van der Waals surface area contributed by atoms with Crippen LogP contribution in [-0.2, 0) is 12.8 Å². The average molecular weight is 399 g/mol. The normalized spacial score (nSPS) is 12.9. The number of amides is 1. The van der Waals surface area contributed by atoms with Crippen LogP contribution >= 0.6 is 0 Å². The molecule has 152 valence electrons. The summed E-state index contributed by atoms with van der Waals surface area (Å²) < 4.78 is 26.6. The van der Waals surface area contributed by atoms with Gasteiger partial charge in [0.25, 0.3) is 5.91 Å². The number of anilines is 1. The summed E-state index contributed by atoms with van der Waals surface area (Å²) >= 11 is 0. The van der Waals surface area contributed by atoms with Gasteiger partial charge in [0.1, 0.15) is 11.5 Å². The number of aryl methyl sites for hydroxylation is 1. The number of carbonyl (C=O) groups excluding carboxylic acids is 1. The van der Waals surface area contributed by atoms with Crippen LogP contribution in [0.4, 0.5) is 5.88 Å². The first-order chi connectivity index (χ1) is 14.1. The molecule has 1 N–H and O–H groups in total. The van der Waals surface area contributed by atoms with Crippen LogP contribution in [0.1, 0.15) is 34.7 Å². The highest BCUT2D eigenvalue weighted by atomic mass is 16.5. The van der Waals surface area contributed by atoms with E-state index in [1.54, 1.807) is 18.2 Å². The maximum Gasteiger partial charge on any atom is 0.280 e. The molecule has 9 heteroatoms. The number of hydrogen-bond donors (Lipinski definition) is 1. The molecule has 0 fully saturated rings. The van der Waals surface area contributed by atoms with Crippen LogP contribution in [0.2, 0.25) is 0 Å². The van der Waals surface area contributed by atoms with E-state index in [9.17, 15) is 4.79 Å². The van der Waals surface area contributed by atoms with Gasteiger partial charge in [-0.2, -0.15) is 0 Å². The fourth-order valence-electron chi connectivity index (χ4n) is 3.43. The smallest absolute Gasteiger partial charge is 0.280 e. The zero-order valence-corrected chi connectivity index (χ0v) is 16.4. The molecule has 2 aromatic heterocycles.